The van der Waals surface area contributed by atoms with Gasteiger partial charge in [0.1, 0.15) is 4.90 Å². The van der Waals surface area contributed by atoms with Gasteiger partial charge in [-0.2, -0.15) is 4.72 Å². The molecule has 0 spiro atoms. The van der Waals surface area contributed by atoms with Gasteiger partial charge in [-0.1, -0.05) is 5.92 Å². The number of nitrogens with one attached hydrogen (secondary N) is 1. The summed E-state index contributed by atoms with van der Waals surface area (Å²) in [6, 6.07) is 6.37. The van der Waals surface area contributed by atoms with Crippen LogP contribution < -0.4 is 10.5 Å². The maximum atomic E-state index is 12.0. The molecular weight excluding hydrogens is 250 g/mol. The van der Waals surface area contributed by atoms with Gasteiger partial charge in [-0.25, -0.2) is 8.42 Å². The van der Waals surface area contributed by atoms with Crippen molar-refractivity contribution in [3.05, 3.63) is 30.5 Å². The molecule has 2 rings (SSSR count). The molecule has 0 atom stereocenters. The molecule has 5 nitrogen and oxygen atoms in total. The second kappa shape index (κ2) is 4.64. The highest BCUT2D eigenvalue weighted by Crippen LogP contribution is 2.25. The van der Waals surface area contributed by atoms with E-state index in [0.29, 0.717) is 16.6 Å². The Morgan fingerprint density at radius 2 is 2.17 bits per heavy atom. The molecule has 0 aliphatic heterocycles. The van der Waals surface area contributed by atoms with Crippen molar-refractivity contribution in [2.75, 3.05) is 12.3 Å². The molecule has 0 aliphatic carbocycles. The summed E-state index contributed by atoms with van der Waals surface area (Å²) >= 11 is 0. The monoisotopic (exact) mass is 261 g/mol. The number of sulfonamides is 1. The Labute approximate surface area is 105 Å². The maximum Gasteiger partial charge on any atom is 0.243 e. The van der Waals surface area contributed by atoms with Crippen LogP contribution in [0.25, 0.3) is 10.9 Å². The van der Waals surface area contributed by atoms with Gasteiger partial charge in [-0.05, 0) is 24.3 Å². The summed E-state index contributed by atoms with van der Waals surface area (Å²) in [5, 5.41) is 0.598. The molecule has 1 aromatic heterocycles. The minimum atomic E-state index is -3.68. The number of pyridine rings is 1. The van der Waals surface area contributed by atoms with Gasteiger partial charge in [0.05, 0.1) is 12.1 Å². The average molecular weight is 261 g/mol. The zero-order valence-electron chi connectivity index (χ0n) is 9.42. The van der Waals surface area contributed by atoms with Gasteiger partial charge in [0.2, 0.25) is 10.0 Å². The quantitative estimate of drug-likeness (QED) is 0.630. The Morgan fingerprint density at radius 3 is 2.89 bits per heavy atom. The molecule has 1 heterocycles. The molecular formula is C12H11N3O2S. The lowest BCUT2D eigenvalue weighted by Crippen LogP contribution is -2.24. The van der Waals surface area contributed by atoms with Crippen LogP contribution in [0.5, 0.6) is 0 Å². The van der Waals surface area contributed by atoms with E-state index in [2.05, 4.69) is 15.6 Å². The third-order valence-corrected chi connectivity index (χ3v) is 3.85. The van der Waals surface area contributed by atoms with Gasteiger partial charge in [-0.3, -0.25) is 4.98 Å². The Hall–Kier alpha value is -2.10. The molecule has 2 aromatic rings. The third-order valence-electron chi connectivity index (χ3n) is 2.42. The molecule has 92 valence electrons. The highest BCUT2D eigenvalue weighted by Gasteiger charge is 2.18. The van der Waals surface area contributed by atoms with E-state index in [1.807, 2.05) is 0 Å². The van der Waals surface area contributed by atoms with Crippen LogP contribution in [0.4, 0.5) is 5.69 Å². The van der Waals surface area contributed by atoms with Crippen molar-refractivity contribution in [1.29, 1.82) is 0 Å². The van der Waals surface area contributed by atoms with Gasteiger partial charge in [-0.15, -0.1) is 6.42 Å². The molecule has 0 bridgehead atoms. The topological polar surface area (TPSA) is 85.1 Å². The molecule has 0 amide bonds. The van der Waals surface area contributed by atoms with E-state index >= 15 is 0 Å². The molecule has 0 saturated heterocycles. The van der Waals surface area contributed by atoms with Crippen molar-refractivity contribution in [3.8, 4) is 12.3 Å². The van der Waals surface area contributed by atoms with E-state index in [1.165, 1.54) is 18.3 Å². The first-order valence-electron chi connectivity index (χ1n) is 5.12. The highest BCUT2D eigenvalue weighted by molar-refractivity contribution is 7.89. The number of terminal acetylenes is 1. The normalized spacial score (nSPS) is 11.3. The van der Waals surface area contributed by atoms with E-state index in [9.17, 15) is 8.42 Å². The first-order chi connectivity index (χ1) is 8.56. The highest BCUT2D eigenvalue weighted by atomic mass is 32.2. The van der Waals surface area contributed by atoms with Crippen LogP contribution in [0.2, 0.25) is 0 Å². The summed E-state index contributed by atoms with van der Waals surface area (Å²) in [4.78, 5) is 4.14. The SMILES string of the molecule is C#CCNS(=O)(=O)c1ccc(N)c2cccnc12. The largest absolute Gasteiger partial charge is 0.398 e. The molecule has 18 heavy (non-hydrogen) atoms. The first-order valence-corrected chi connectivity index (χ1v) is 6.61. The van der Waals surface area contributed by atoms with E-state index in [-0.39, 0.29) is 11.4 Å². The molecule has 0 saturated carbocycles. The summed E-state index contributed by atoms with van der Waals surface area (Å²) in [7, 11) is -3.68. The van der Waals surface area contributed by atoms with Crippen LogP contribution in [0.3, 0.4) is 0 Å². The van der Waals surface area contributed by atoms with Gasteiger partial charge in [0, 0.05) is 17.3 Å². The molecule has 0 aliphatic rings. The summed E-state index contributed by atoms with van der Waals surface area (Å²) in [6.07, 6.45) is 6.55. The number of benzene rings is 1. The van der Waals surface area contributed by atoms with Gasteiger partial charge in [0.15, 0.2) is 0 Å². The van der Waals surface area contributed by atoms with Gasteiger partial charge < -0.3 is 5.73 Å². The van der Waals surface area contributed by atoms with Crippen LogP contribution in [-0.2, 0) is 10.0 Å². The number of nitrogens with zero attached hydrogens (tertiary/aromatic N) is 1. The lowest BCUT2D eigenvalue weighted by Gasteiger charge is -2.08. The number of aromatic nitrogens is 1. The summed E-state index contributed by atoms with van der Waals surface area (Å²) in [5.74, 6) is 2.22. The first kappa shape index (κ1) is 12.4. The number of fused-ring (bicyclic) bond motifs is 1. The van der Waals surface area contributed by atoms with E-state index in [0.717, 1.165) is 0 Å². The average Bonchev–Trinajstić information content (AvgIpc) is 2.37. The van der Waals surface area contributed by atoms with Gasteiger partial charge >= 0.3 is 0 Å². The number of nitrogens with two attached hydrogens (primary N) is 1. The van der Waals surface area contributed by atoms with Crippen molar-refractivity contribution in [1.82, 2.24) is 9.71 Å². The Bertz CT molecular complexity index is 733. The lowest BCUT2D eigenvalue weighted by molar-refractivity contribution is 0.587. The fourth-order valence-electron chi connectivity index (χ4n) is 1.60. The predicted octanol–water partition coefficient (Wildman–Crippen LogP) is 0.728. The molecule has 6 heteroatoms. The smallest absolute Gasteiger partial charge is 0.243 e. The number of hydrogen-bond acceptors (Lipinski definition) is 4. The summed E-state index contributed by atoms with van der Waals surface area (Å²) in [5.41, 5.74) is 6.60. The van der Waals surface area contributed by atoms with Crippen LogP contribution in [0, 0.1) is 12.3 Å². The van der Waals surface area contributed by atoms with Crippen molar-refractivity contribution < 1.29 is 8.42 Å². The fourth-order valence-corrected chi connectivity index (χ4v) is 2.69. The Kier molecular flexibility index (Phi) is 3.19. The summed E-state index contributed by atoms with van der Waals surface area (Å²) < 4.78 is 26.3. The van der Waals surface area contributed by atoms with Crippen molar-refractivity contribution in [2.45, 2.75) is 4.90 Å². The van der Waals surface area contributed by atoms with E-state index in [4.69, 9.17) is 12.2 Å². The van der Waals surface area contributed by atoms with Gasteiger partial charge in [0.25, 0.3) is 0 Å². The van der Waals surface area contributed by atoms with Crippen molar-refractivity contribution in [2.24, 2.45) is 0 Å². The minimum Gasteiger partial charge on any atom is -0.398 e. The van der Waals surface area contributed by atoms with Crippen molar-refractivity contribution in [3.63, 3.8) is 0 Å². The van der Waals surface area contributed by atoms with Crippen LogP contribution in [-0.4, -0.2) is 19.9 Å². The zero-order valence-corrected chi connectivity index (χ0v) is 10.2. The molecule has 0 fully saturated rings. The van der Waals surface area contributed by atoms with E-state index < -0.39 is 10.0 Å². The second-order valence-electron chi connectivity index (χ2n) is 3.58. The molecule has 0 radical (unpaired) electrons. The fraction of sp³-hybridized carbons (Fsp3) is 0.0833. The zero-order chi connectivity index (χ0) is 13.2. The second-order valence-corrected chi connectivity index (χ2v) is 5.32. The Morgan fingerprint density at radius 1 is 1.39 bits per heavy atom. The minimum absolute atomic E-state index is 0.0684. The molecule has 0 unspecified atom stereocenters. The lowest BCUT2D eigenvalue weighted by atomic mass is 10.2. The number of anilines is 1. The summed E-state index contributed by atoms with van der Waals surface area (Å²) in [6.45, 7) is -0.0684. The van der Waals surface area contributed by atoms with Crippen LogP contribution in [0.1, 0.15) is 0 Å². The molecule has 3 N–H and O–H groups in total. The number of rotatable bonds is 3. The molecule has 1 aromatic carbocycles. The number of nitrogen functional groups attached to an aromatic ring is 1. The standard InChI is InChI=1S/C12H11N3O2S/c1-2-7-15-18(16,17)11-6-5-10(13)9-4-3-8-14-12(9)11/h1,3-6,8,15H,7,13H2. The number of hydrogen-bond donors (Lipinski definition) is 2. The van der Waals surface area contributed by atoms with E-state index in [1.54, 1.807) is 12.1 Å². The van der Waals surface area contributed by atoms with Crippen LogP contribution in [0.15, 0.2) is 35.4 Å². The Balaban J connectivity index is 2.67. The maximum absolute atomic E-state index is 12.0. The predicted molar refractivity (Wildman–Crippen MR) is 70.2 cm³/mol. The van der Waals surface area contributed by atoms with Crippen molar-refractivity contribution >= 4 is 26.6 Å². The third kappa shape index (κ3) is 2.14. The van der Waals surface area contributed by atoms with Crippen LogP contribution >= 0.6 is 0 Å².